The lowest BCUT2D eigenvalue weighted by molar-refractivity contribution is -0.130. The maximum absolute atomic E-state index is 13.5. The van der Waals surface area contributed by atoms with Crippen LogP contribution in [0, 0.1) is 22.7 Å². The van der Waals surface area contributed by atoms with Gasteiger partial charge in [0.2, 0.25) is 5.91 Å². The molecule has 1 aliphatic heterocycles. The van der Waals surface area contributed by atoms with Gasteiger partial charge in [-0.25, -0.2) is 4.39 Å². The summed E-state index contributed by atoms with van der Waals surface area (Å²) in [6.07, 6.45) is 3.67. The Morgan fingerprint density at radius 1 is 1.40 bits per heavy atom. The third-order valence-corrected chi connectivity index (χ3v) is 6.51. The van der Waals surface area contributed by atoms with Gasteiger partial charge in [-0.1, -0.05) is 6.92 Å². The van der Waals surface area contributed by atoms with E-state index in [-0.39, 0.29) is 36.4 Å². The standard InChI is InChI=1S/C19H30FN3O2/c1-4-25-16-5-13-7-19(3,12-18(13,2)8-16)22-10-17(24)23-11-14(20)6-15(23)9-21/h13-16,22H,4-8,10-12H2,1-3H3/t13-,14-,15-,16-,18+,19-/m0/s1. The van der Waals surface area contributed by atoms with Crippen LogP contribution in [-0.2, 0) is 9.53 Å². The molecule has 6 heteroatoms. The van der Waals surface area contributed by atoms with Gasteiger partial charge in [0.15, 0.2) is 0 Å². The van der Waals surface area contributed by atoms with Crippen LogP contribution in [0.1, 0.15) is 52.9 Å². The van der Waals surface area contributed by atoms with Crippen LogP contribution in [0.3, 0.4) is 0 Å². The minimum absolute atomic E-state index is 0.0475. The van der Waals surface area contributed by atoms with Gasteiger partial charge in [0.25, 0.3) is 0 Å². The molecule has 2 aliphatic carbocycles. The fraction of sp³-hybridized carbons (Fsp3) is 0.895. The van der Waals surface area contributed by atoms with Gasteiger partial charge in [-0.2, -0.15) is 5.26 Å². The zero-order valence-corrected chi connectivity index (χ0v) is 15.6. The van der Waals surface area contributed by atoms with Crippen LogP contribution >= 0.6 is 0 Å². The van der Waals surface area contributed by atoms with Crippen LogP contribution < -0.4 is 5.32 Å². The van der Waals surface area contributed by atoms with Gasteiger partial charge in [0.05, 0.1) is 25.3 Å². The van der Waals surface area contributed by atoms with Gasteiger partial charge < -0.3 is 15.0 Å². The van der Waals surface area contributed by atoms with Gasteiger partial charge in [-0.05, 0) is 50.9 Å². The summed E-state index contributed by atoms with van der Waals surface area (Å²) in [5, 5.41) is 12.5. The van der Waals surface area contributed by atoms with E-state index in [2.05, 4.69) is 19.2 Å². The van der Waals surface area contributed by atoms with Crippen LogP contribution in [-0.4, -0.2) is 54.4 Å². The molecule has 3 aliphatic rings. The van der Waals surface area contributed by atoms with Crippen LogP contribution in [0.2, 0.25) is 0 Å². The van der Waals surface area contributed by atoms with E-state index in [9.17, 15) is 9.18 Å². The number of fused-ring (bicyclic) bond motifs is 1. The molecule has 0 radical (unpaired) electrons. The first-order chi connectivity index (χ1) is 11.8. The minimum Gasteiger partial charge on any atom is -0.378 e. The van der Waals surface area contributed by atoms with Crippen molar-refractivity contribution in [3.05, 3.63) is 0 Å². The zero-order valence-electron chi connectivity index (χ0n) is 15.6. The van der Waals surface area contributed by atoms with Crippen molar-refractivity contribution in [1.82, 2.24) is 10.2 Å². The highest BCUT2D eigenvalue weighted by atomic mass is 19.1. The summed E-state index contributed by atoms with van der Waals surface area (Å²) in [6, 6.07) is 1.42. The van der Waals surface area contributed by atoms with E-state index in [1.807, 2.05) is 13.0 Å². The van der Waals surface area contributed by atoms with E-state index < -0.39 is 12.2 Å². The largest absolute Gasteiger partial charge is 0.378 e. The van der Waals surface area contributed by atoms with Crippen LogP contribution in [0.15, 0.2) is 0 Å². The number of nitriles is 1. The van der Waals surface area contributed by atoms with Crippen molar-refractivity contribution >= 4 is 5.91 Å². The number of hydrogen-bond donors (Lipinski definition) is 1. The predicted molar refractivity (Wildman–Crippen MR) is 92.5 cm³/mol. The molecular weight excluding hydrogens is 321 g/mol. The predicted octanol–water partition coefficient (Wildman–Crippen LogP) is 2.41. The molecule has 0 aromatic heterocycles. The molecule has 1 saturated heterocycles. The van der Waals surface area contributed by atoms with Gasteiger partial charge in [0, 0.05) is 18.6 Å². The Hall–Kier alpha value is -1.19. The van der Waals surface area contributed by atoms with E-state index in [0.29, 0.717) is 12.0 Å². The molecule has 1 N–H and O–H groups in total. The van der Waals surface area contributed by atoms with E-state index >= 15 is 0 Å². The minimum atomic E-state index is -1.08. The summed E-state index contributed by atoms with van der Waals surface area (Å²) in [6.45, 7) is 7.56. The maximum Gasteiger partial charge on any atom is 0.237 e. The fourth-order valence-electron chi connectivity index (χ4n) is 5.50. The molecule has 5 nitrogen and oxygen atoms in total. The summed E-state index contributed by atoms with van der Waals surface area (Å²) >= 11 is 0. The van der Waals surface area contributed by atoms with Crippen molar-refractivity contribution in [3.8, 4) is 6.07 Å². The number of carbonyl (C=O) groups excluding carboxylic acids is 1. The lowest BCUT2D eigenvalue weighted by Gasteiger charge is -2.31. The van der Waals surface area contributed by atoms with Gasteiger partial charge in [-0.3, -0.25) is 4.79 Å². The molecule has 0 spiro atoms. The number of ether oxygens (including phenoxy) is 1. The number of rotatable bonds is 5. The zero-order chi connectivity index (χ0) is 18.2. The van der Waals surface area contributed by atoms with Crippen LogP contribution in [0.4, 0.5) is 4.39 Å². The normalized spacial score (nSPS) is 43.2. The third-order valence-electron chi connectivity index (χ3n) is 6.51. The highest BCUT2D eigenvalue weighted by Crippen LogP contribution is 2.57. The Morgan fingerprint density at radius 3 is 2.80 bits per heavy atom. The van der Waals surface area contributed by atoms with Gasteiger partial charge in [-0.15, -0.1) is 0 Å². The van der Waals surface area contributed by atoms with Crippen molar-refractivity contribution in [2.45, 2.75) is 76.7 Å². The van der Waals surface area contributed by atoms with E-state index in [1.165, 1.54) is 4.90 Å². The molecule has 25 heavy (non-hydrogen) atoms. The van der Waals surface area contributed by atoms with Gasteiger partial charge >= 0.3 is 0 Å². The molecule has 3 fully saturated rings. The molecule has 6 atom stereocenters. The molecule has 0 aromatic rings. The quantitative estimate of drug-likeness (QED) is 0.826. The number of nitrogens with zero attached hydrogens (tertiary/aromatic N) is 2. The summed E-state index contributed by atoms with van der Waals surface area (Å²) in [5.41, 5.74) is 0.181. The Morgan fingerprint density at radius 2 is 2.16 bits per heavy atom. The van der Waals surface area contributed by atoms with Crippen molar-refractivity contribution in [1.29, 1.82) is 5.26 Å². The molecule has 0 aromatic carbocycles. The lowest BCUT2D eigenvalue weighted by atomic mass is 9.82. The van der Waals surface area contributed by atoms with E-state index in [1.54, 1.807) is 0 Å². The average molecular weight is 351 g/mol. The second kappa shape index (κ2) is 6.85. The summed E-state index contributed by atoms with van der Waals surface area (Å²) < 4.78 is 19.3. The Labute approximate surface area is 149 Å². The summed E-state index contributed by atoms with van der Waals surface area (Å²) in [4.78, 5) is 13.8. The number of nitrogens with one attached hydrogen (secondary N) is 1. The SMILES string of the molecule is CCO[C@H]1C[C@H]2C[C@](C)(NCC(=O)N3C[C@@H](F)C[C@H]3C#N)C[C@@]2(C)C1. The smallest absolute Gasteiger partial charge is 0.237 e. The lowest BCUT2D eigenvalue weighted by Crippen LogP contribution is -2.48. The second-order valence-electron chi connectivity index (χ2n) is 8.69. The molecule has 1 amide bonds. The molecular formula is C19H30FN3O2. The topological polar surface area (TPSA) is 65.4 Å². The van der Waals surface area contributed by atoms with Gasteiger partial charge in [0.1, 0.15) is 12.2 Å². The second-order valence-corrected chi connectivity index (χ2v) is 8.69. The van der Waals surface area contributed by atoms with E-state index in [4.69, 9.17) is 10.00 Å². The summed E-state index contributed by atoms with van der Waals surface area (Å²) in [5.74, 6) is 0.452. The molecule has 2 saturated carbocycles. The van der Waals surface area contributed by atoms with Crippen molar-refractivity contribution in [2.24, 2.45) is 11.3 Å². The fourth-order valence-corrected chi connectivity index (χ4v) is 5.50. The van der Waals surface area contributed by atoms with Crippen LogP contribution in [0.5, 0.6) is 0 Å². The third kappa shape index (κ3) is 3.68. The molecule has 0 unspecified atom stereocenters. The number of alkyl halides is 1. The van der Waals surface area contributed by atoms with Crippen molar-refractivity contribution in [2.75, 3.05) is 19.7 Å². The Balaban J connectivity index is 1.54. The molecule has 0 bridgehead atoms. The first-order valence-corrected chi connectivity index (χ1v) is 9.48. The number of hydrogen-bond acceptors (Lipinski definition) is 4. The molecule has 140 valence electrons. The number of amides is 1. The molecule has 3 rings (SSSR count). The monoisotopic (exact) mass is 351 g/mol. The van der Waals surface area contributed by atoms with E-state index in [0.717, 1.165) is 32.3 Å². The Kier molecular flexibility index (Phi) is 5.09. The summed E-state index contributed by atoms with van der Waals surface area (Å²) in [7, 11) is 0. The number of likely N-dealkylation sites (tertiary alicyclic amines) is 1. The number of carbonyl (C=O) groups is 1. The maximum atomic E-state index is 13.5. The highest BCUT2D eigenvalue weighted by Gasteiger charge is 2.54. The van der Waals surface area contributed by atoms with Crippen molar-refractivity contribution in [3.63, 3.8) is 0 Å². The Bertz CT molecular complexity index is 565. The first-order valence-electron chi connectivity index (χ1n) is 9.48. The number of halogens is 1. The average Bonchev–Trinajstić information content (AvgIpc) is 3.12. The molecule has 1 heterocycles. The highest BCUT2D eigenvalue weighted by molar-refractivity contribution is 5.79. The van der Waals surface area contributed by atoms with Crippen molar-refractivity contribution < 1.29 is 13.9 Å². The first kappa shape index (κ1) is 18.6. The van der Waals surface area contributed by atoms with Crippen LogP contribution in [0.25, 0.3) is 0 Å².